The Balaban J connectivity index is 1.53. The minimum Gasteiger partial charge on any atom is -0.493 e. The van der Waals surface area contributed by atoms with Crippen LogP contribution in [0.25, 0.3) is 0 Å². The Labute approximate surface area is 140 Å². The van der Waals surface area contributed by atoms with E-state index in [-0.39, 0.29) is 11.1 Å². The molecule has 23 heavy (non-hydrogen) atoms. The summed E-state index contributed by atoms with van der Waals surface area (Å²) >= 11 is 0. The zero-order valence-corrected chi connectivity index (χ0v) is 14.4. The molecule has 0 radical (unpaired) electrons. The van der Waals surface area contributed by atoms with E-state index in [0.29, 0.717) is 16.9 Å². The molecule has 1 aromatic carbocycles. The maximum Gasteiger partial charge on any atom is 0.436 e. The second-order valence-electron chi connectivity index (χ2n) is 6.92. The van der Waals surface area contributed by atoms with Crippen molar-refractivity contribution in [3.8, 4) is 5.75 Å². The molecule has 0 aromatic heterocycles. The van der Waals surface area contributed by atoms with E-state index < -0.39 is 10.9 Å². The minimum absolute atomic E-state index is 0.124. The average molecular weight is 334 g/mol. The normalized spacial score (nSPS) is 23.6. The fourth-order valence-electron chi connectivity index (χ4n) is 3.25. The average Bonchev–Trinajstić information content (AvgIpc) is 2.85. The fourth-order valence-corrected chi connectivity index (χ4v) is 4.86. The lowest BCUT2D eigenvalue weighted by molar-refractivity contribution is -0.117. The summed E-state index contributed by atoms with van der Waals surface area (Å²) in [6.07, 6.45) is 6.46. The molecule has 124 valence electrons. The number of hydrogen-bond acceptors (Lipinski definition) is 3. The molecule has 1 N–H and O–H groups in total. The van der Waals surface area contributed by atoms with Crippen molar-refractivity contribution in [3.05, 3.63) is 29.8 Å². The first kappa shape index (κ1) is 16.4. The molecule has 0 spiro atoms. The van der Waals surface area contributed by atoms with Crippen LogP contribution in [0.3, 0.4) is 0 Å². The first-order valence-electron chi connectivity index (χ1n) is 8.27. The van der Waals surface area contributed by atoms with Crippen molar-refractivity contribution in [2.24, 2.45) is 5.41 Å². The quantitative estimate of drug-likeness (QED) is 0.840. The van der Waals surface area contributed by atoms with E-state index in [1.807, 2.05) is 24.3 Å². The molecular weight excluding hydrogens is 310 g/mol. The lowest BCUT2D eigenvalue weighted by atomic mass is 9.76. The number of ether oxygens (including phenoxy) is 1. The van der Waals surface area contributed by atoms with E-state index in [4.69, 9.17) is 4.74 Å². The summed E-state index contributed by atoms with van der Waals surface area (Å²) in [5, 5.41) is 2.24. The molecule has 1 heterocycles. The smallest absolute Gasteiger partial charge is 0.436 e. The lowest BCUT2D eigenvalue weighted by Crippen LogP contribution is -2.27. The van der Waals surface area contributed by atoms with Crippen molar-refractivity contribution >= 4 is 22.0 Å². The topological polar surface area (TPSA) is 55.4 Å². The Morgan fingerprint density at radius 1 is 1.13 bits per heavy atom. The summed E-state index contributed by atoms with van der Waals surface area (Å²) in [5.74, 6) is 1.69. The van der Waals surface area contributed by atoms with Gasteiger partial charge in [0.25, 0.3) is 5.91 Å². The highest BCUT2D eigenvalue weighted by atomic mass is 32.2. The number of benzene rings is 1. The molecule has 1 aliphatic carbocycles. The molecule has 3 rings (SSSR count). The maximum absolute atomic E-state index is 11.6. The molecule has 5 heteroatoms. The number of rotatable bonds is 5. The largest absolute Gasteiger partial charge is 0.493 e. The molecule has 2 amide bonds. The zero-order valence-electron chi connectivity index (χ0n) is 13.6. The summed E-state index contributed by atoms with van der Waals surface area (Å²) in [4.78, 5) is 22.9. The van der Waals surface area contributed by atoms with Gasteiger partial charge in [0, 0.05) is 11.0 Å². The molecule has 1 unspecified atom stereocenters. The summed E-state index contributed by atoms with van der Waals surface area (Å²) < 4.78 is 5.98. The molecule has 0 bridgehead atoms. The van der Waals surface area contributed by atoms with Gasteiger partial charge >= 0.3 is 5.24 Å². The molecule has 2 aliphatic rings. The van der Waals surface area contributed by atoms with Crippen LogP contribution in [-0.4, -0.2) is 23.5 Å². The van der Waals surface area contributed by atoms with Gasteiger partial charge in [0.1, 0.15) is 11.5 Å². The van der Waals surface area contributed by atoms with Gasteiger partial charge in [0.05, 0.1) is 17.5 Å². The van der Waals surface area contributed by atoms with Crippen LogP contribution in [-0.2, 0) is 21.4 Å². The molecule has 1 aromatic rings. The van der Waals surface area contributed by atoms with Crippen molar-refractivity contribution in [2.75, 3.05) is 12.4 Å². The summed E-state index contributed by atoms with van der Waals surface area (Å²) in [6.45, 7) is 3.09. The highest BCUT2D eigenvalue weighted by Crippen LogP contribution is 2.36. The van der Waals surface area contributed by atoms with E-state index in [0.717, 1.165) is 17.9 Å². The molecule has 1 aliphatic heterocycles. The van der Waals surface area contributed by atoms with E-state index in [9.17, 15) is 9.59 Å². The number of amides is 2. The van der Waals surface area contributed by atoms with Gasteiger partial charge in [-0.3, -0.25) is 4.79 Å². The van der Waals surface area contributed by atoms with E-state index in [2.05, 4.69) is 12.2 Å². The Hall–Kier alpha value is -1.49. The van der Waals surface area contributed by atoms with Crippen LogP contribution in [0.5, 0.6) is 5.75 Å². The zero-order chi connectivity index (χ0) is 16.3. The first-order valence-corrected chi connectivity index (χ1v) is 9.83. The van der Waals surface area contributed by atoms with Crippen LogP contribution in [0.1, 0.15) is 44.6 Å². The van der Waals surface area contributed by atoms with Gasteiger partial charge < -0.3 is 4.74 Å². The van der Waals surface area contributed by atoms with Crippen molar-refractivity contribution in [1.29, 1.82) is 0 Å². The van der Waals surface area contributed by atoms with Gasteiger partial charge in [0.2, 0.25) is 0 Å². The van der Waals surface area contributed by atoms with Crippen molar-refractivity contribution in [2.45, 2.75) is 44.8 Å². The number of hydrogen-bond donors (Lipinski definition) is 1. The monoisotopic (exact) mass is 334 g/mol. The van der Waals surface area contributed by atoms with E-state index >= 15 is 0 Å². The molecule has 1 atom stereocenters. The first-order chi connectivity index (χ1) is 11.0. The predicted octanol–water partition coefficient (Wildman–Crippen LogP) is 3.40. The van der Waals surface area contributed by atoms with Crippen LogP contribution in [0.2, 0.25) is 0 Å². The third-order valence-electron chi connectivity index (χ3n) is 4.72. The Kier molecular flexibility index (Phi) is 4.95. The van der Waals surface area contributed by atoms with Crippen molar-refractivity contribution < 1.29 is 14.3 Å². The van der Waals surface area contributed by atoms with Crippen molar-refractivity contribution in [3.63, 3.8) is 0 Å². The maximum atomic E-state index is 11.6. The van der Waals surface area contributed by atoms with Gasteiger partial charge in [-0.25, -0.2) is 10.1 Å². The third-order valence-corrected chi connectivity index (χ3v) is 6.64. The van der Waals surface area contributed by atoms with Crippen LogP contribution in [0.4, 0.5) is 4.79 Å². The second-order valence-corrected chi connectivity index (χ2v) is 8.85. The Bertz CT molecular complexity index is 578. The summed E-state index contributed by atoms with van der Waals surface area (Å²) in [7, 11) is -0.514. The van der Waals surface area contributed by atoms with Crippen molar-refractivity contribution in [1.82, 2.24) is 5.32 Å². The van der Waals surface area contributed by atoms with Gasteiger partial charge in [-0.15, -0.1) is 0 Å². The number of carbonyl (C=O) groups is 2. The predicted molar refractivity (Wildman–Crippen MR) is 92.6 cm³/mol. The van der Waals surface area contributed by atoms with Crippen LogP contribution in [0, 0.1) is 5.41 Å². The minimum atomic E-state index is -0.514. The number of imide groups is 1. The molecule has 2 fully saturated rings. The molecule has 1 saturated heterocycles. The fraction of sp³-hybridized carbons (Fsp3) is 0.556. The third kappa shape index (κ3) is 4.28. The highest BCUT2D eigenvalue weighted by Gasteiger charge is 2.40. The molecule has 4 nitrogen and oxygen atoms in total. The SMILES string of the molecule is CC1(COc2ccc(C[S+]3CC(=O)NC3=O)cc2)CCCCC1. The van der Waals surface area contributed by atoms with E-state index in [1.54, 1.807) is 0 Å². The Morgan fingerprint density at radius 3 is 2.43 bits per heavy atom. The van der Waals surface area contributed by atoms with Crippen LogP contribution >= 0.6 is 0 Å². The van der Waals surface area contributed by atoms with Crippen LogP contribution < -0.4 is 10.1 Å². The highest BCUT2D eigenvalue weighted by molar-refractivity contribution is 8.11. The lowest BCUT2D eigenvalue weighted by Gasteiger charge is -2.33. The van der Waals surface area contributed by atoms with Crippen LogP contribution in [0.15, 0.2) is 24.3 Å². The second kappa shape index (κ2) is 6.95. The Morgan fingerprint density at radius 2 is 1.83 bits per heavy atom. The van der Waals surface area contributed by atoms with Gasteiger partial charge in [-0.1, -0.05) is 38.3 Å². The molecule has 1 saturated carbocycles. The standard InChI is InChI=1S/C18H23NO3S/c1-18(9-3-2-4-10-18)13-22-15-7-5-14(6-8-15)11-23-12-16(20)19-17(23)21/h5-8H,2-4,9-13H2,1H3/p+1. The summed E-state index contributed by atoms with van der Waals surface area (Å²) in [5.41, 5.74) is 1.38. The number of nitrogens with one attached hydrogen (secondary N) is 1. The van der Waals surface area contributed by atoms with E-state index in [1.165, 1.54) is 32.1 Å². The molecular formula is C18H24NO3S+. The van der Waals surface area contributed by atoms with Gasteiger partial charge in [-0.05, 0) is 25.0 Å². The summed E-state index contributed by atoms with van der Waals surface area (Å²) in [6, 6.07) is 7.95. The van der Waals surface area contributed by atoms with Gasteiger partial charge in [0.15, 0.2) is 5.75 Å². The van der Waals surface area contributed by atoms with Gasteiger partial charge in [-0.2, -0.15) is 0 Å². The number of carbonyl (C=O) groups excluding carboxylic acids is 2.